The van der Waals surface area contributed by atoms with E-state index in [-0.39, 0.29) is 11.6 Å². The van der Waals surface area contributed by atoms with Gasteiger partial charge in [-0.3, -0.25) is 4.90 Å². The molecule has 110 valence electrons. The summed E-state index contributed by atoms with van der Waals surface area (Å²) in [4.78, 5) is 2.39. The van der Waals surface area contributed by atoms with Crippen LogP contribution in [0.1, 0.15) is 39.0 Å². The van der Waals surface area contributed by atoms with Crippen LogP contribution in [0.5, 0.6) is 0 Å². The molecule has 0 radical (unpaired) electrons. The molecule has 2 aromatic rings. The van der Waals surface area contributed by atoms with Crippen LogP contribution in [0.2, 0.25) is 0 Å². The lowest BCUT2D eigenvalue weighted by molar-refractivity contribution is 0.133. The Labute approximate surface area is 122 Å². The number of nitrogens with zero attached hydrogens (tertiary/aromatic N) is 1. The van der Waals surface area contributed by atoms with E-state index in [1.165, 1.54) is 5.39 Å². The molecule has 3 nitrogen and oxygen atoms in total. The first kappa shape index (κ1) is 15.1. The molecule has 0 spiro atoms. The van der Waals surface area contributed by atoms with Crippen molar-refractivity contribution >= 4 is 11.0 Å². The largest absolute Gasteiger partial charge is 0.459 e. The van der Waals surface area contributed by atoms with Crippen LogP contribution >= 0.6 is 0 Å². The van der Waals surface area contributed by atoms with Gasteiger partial charge < -0.3 is 9.73 Å². The molecule has 1 atom stereocenters. The van der Waals surface area contributed by atoms with Gasteiger partial charge in [-0.25, -0.2) is 0 Å². The fourth-order valence-corrected chi connectivity index (χ4v) is 2.29. The Balaban J connectivity index is 2.19. The van der Waals surface area contributed by atoms with E-state index in [0.29, 0.717) is 0 Å². The number of rotatable bonds is 6. The predicted molar refractivity (Wildman–Crippen MR) is 85.0 cm³/mol. The summed E-state index contributed by atoms with van der Waals surface area (Å²) in [5.41, 5.74) is 1.15. The Morgan fingerprint density at radius 1 is 1.30 bits per heavy atom. The first-order valence-electron chi connectivity index (χ1n) is 7.35. The van der Waals surface area contributed by atoms with E-state index in [2.05, 4.69) is 50.2 Å². The van der Waals surface area contributed by atoms with Crippen molar-refractivity contribution < 1.29 is 4.42 Å². The standard InChI is InChI=1S/C17H26N2O/c1-6-17(2,3)19(5)12-14(18-4)16-11-13-9-7-8-10-15(13)20-16/h7-11,14,18H,6,12H2,1-5H3. The fourth-order valence-electron chi connectivity index (χ4n) is 2.29. The monoisotopic (exact) mass is 274 g/mol. The lowest BCUT2D eigenvalue weighted by atomic mass is 9.99. The normalized spacial score (nSPS) is 14.1. The summed E-state index contributed by atoms with van der Waals surface area (Å²) in [6.45, 7) is 7.71. The van der Waals surface area contributed by atoms with E-state index in [0.717, 1.165) is 24.3 Å². The van der Waals surface area contributed by atoms with Crippen LogP contribution < -0.4 is 5.32 Å². The average Bonchev–Trinajstić information content (AvgIpc) is 2.87. The molecule has 2 rings (SSSR count). The fraction of sp³-hybridized carbons (Fsp3) is 0.529. The van der Waals surface area contributed by atoms with Gasteiger partial charge in [-0.05, 0) is 46.5 Å². The maximum Gasteiger partial charge on any atom is 0.134 e. The molecule has 0 aliphatic rings. The molecule has 1 N–H and O–H groups in total. The summed E-state index contributed by atoms with van der Waals surface area (Å²) in [6.07, 6.45) is 1.13. The highest BCUT2D eigenvalue weighted by molar-refractivity contribution is 5.77. The van der Waals surface area contributed by atoms with Crippen molar-refractivity contribution in [1.82, 2.24) is 10.2 Å². The number of fused-ring (bicyclic) bond motifs is 1. The first-order valence-corrected chi connectivity index (χ1v) is 7.35. The van der Waals surface area contributed by atoms with Crippen molar-refractivity contribution in [2.24, 2.45) is 0 Å². The zero-order valence-corrected chi connectivity index (χ0v) is 13.2. The van der Waals surface area contributed by atoms with Crippen LogP contribution in [0.25, 0.3) is 11.0 Å². The summed E-state index contributed by atoms with van der Waals surface area (Å²) < 4.78 is 5.98. The Hall–Kier alpha value is -1.32. The molecule has 0 saturated carbocycles. The Bertz CT molecular complexity index is 526. The SMILES string of the molecule is CCC(C)(C)N(C)CC(NC)c1cc2ccccc2o1. The van der Waals surface area contributed by atoms with Crippen LogP contribution in [-0.4, -0.2) is 31.1 Å². The zero-order valence-electron chi connectivity index (χ0n) is 13.2. The molecule has 0 saturated heterocycles. The van der Waals surface area contributed by atoms with E-state index in [1.54, 1.807) is 0 Å². The van der Waals surface area contributed by atoms with E-state index in [4.69, 9.17) is 4.42 Å². The van der Waals surface area contributed by atoms with Gasteiger partial charge in [0.1, 0.15) is 11.3 Å². The number of para-hydroxylation sites is 1. The van der Waals surface area contributed by atoms with Gasteiger partial charge in [-0.2, -0.15) is 0 Å². The quantitative estimate of drug-likeness (QED) is 0.868. The topological polar surface area (TPSA) is 28.4 Å². The third kappa shape index (κ3) is 3.05. The average molecular weight is 274 g/mol. The van der Waals surface area contributed by atoms with Gasteiger partial charge >= 0.3 is 0 Å². The molecule has 0 bridgehead atoms. The van der Waals surface area contributed by atoms with Crippen molar-refractivity contribution in [2.45, 2.75) is 38.8 Å². The van der Waals surface area contributed by atoms with Crippen molar-refractivity contribution in [3.8, 4) is 0 Å². The number of furan rings is 1. The third-order valence-corrected chi connectivity index (χ3v) is 4.49. The highest BCUT2D eigenvalue weighted by atomic mass is 16.3. The smallest absolute Gasteiger partial charge is 0.134 e. The molecular formula is C17H26N2O. The zero-order chi connectivity index (χ0) is 14.8. The Morgan fingerprint density at radius 2 is 2.00 bits per heavy atom. The highest BCUT2D eigenvalue weighted by Gasteiger charge is 2.25. The minimum atomic E-state index is 0.196. The highest BCUT2D eigenvalue weighted by Crippen LogP contribution is 2.26. The van der Waals surface area contributed by atoms with Crippen molar-refractivity contribution in [3.63, 3.8) is 0 Å². The van der Waals surface area contributed by atoms with E-state index < -0.39 is 0 Å². The number of benzene rings is 1. The molecule has 1 aromatic heterocycles. The van der Waals surface area contributed by atoms with Gasteiger partial charge in [0.25, 0.3) is 0 Å². The maximum absolute atomic E-state index is 5.98. The van der Waals surface area contributed by atoms with Crippen molar-refractivity contribution in [3.05, 3.63) is 36.1 Å². The molecule has 3 heteroatoms. The second kappa shape index (κ2) is 5.98. The molecule has 1 aromatic carbocycles. The molecule has 1 unspecified atom stereocenters. The molecule has 0 amide bonds. The second-order valence-corrected chi connectivity index (χ2v) is 6.07. The van der Waals surface area contributed by atoms with Gasteiger partial charge in [-0.15, -0.1) is 0 Å². The van der Waals surface area contributed by atoms with Crippen molar-refractivity contribution in [1.29, 1.82) is 0 Å². The van der Waals surface area contributed by atoms with Gasteiger partial charge in [0.05, 0.1) is 6.04 Å². The molecule has 0 aliphatic carbocycles. The van der Waals surface area contributed by atoms with Crippen LogP contribution in [0.4, 0.5) is 0 Å². The molecular weight excluding hydrogens is 248 g/mol. The predicted octanol–water partition coefficient (Wildman–Crippen LogP) is 3.81. The van der Waals surface area contributed by atoms with Crippen molar-refractivity contribution in [2.75, 3.05) is 20.6 Å². The Kier molecular flexibility index (Phi) is 4.51. The molecule has 0 fully saturated rings. The number of hydrogen-bond donors (Lipinski definition) is 1. The third-order valence-electron chi connectivity index (χ3n) is 4.49. The number of likely N-dealkylation sites (N-methyl/N-ethyl adjacent to an activating group) is 2. The summed E-state index contributed by atoms with van der Waals surface area (Å²) in [5.74, 6) is 1.01. The lowest BCUT2D eigenvalue weighted by Gasteiger charge is -2.36. The van der Waals surface area contributed by atoms with Gasteiger partial charge in [0, 0.05) is 17.5 Å². The molecule has 1 heterocycles. The maximum atomic E-state index is 5.98. The van der Waals surface area contributed by atoms with Crippen LogP contribution in [0.3, 0.4) is 0 Å². The van der Waals surface area contributed by atoms with Crippen LogP contribution in [-0.2, 0) is 0 Å². The lowest BCUT2D eigenvalue weighted by Crippen LogP contribution is -2.44. The summed E-state index contributed by atoms with van der Waals surface area (Å²) in [7, 11) is 4.17. The van der Waals surface area contributed by atoms with Gasteiger partial charge in [-0.1, -0.05) is 25.1 Å². The van der Waals surface area contributed by atoms with E-state index in [9.17, 15) is 0 Å². The first-order chi connectivity index (χ1) is 9.47. The van der Waals surface area contributed by atoms with Gasteiger partial charge in [0.2, 0.25) is 0 Å². The summed E-state index contributed by atoms with van der Waals surface area (Å²) >= 11 is 0. The number of hydrogen-bond acceptors (Lipinski definition) is 3. The van der Waals surface area contributed by atoms with E-state index >= 15 is 0 Å². The molecule has 0 aliphatic heterocycles. The van der Waals surface area contributed by atoms with Crippen LogP contribution in [0.15, 0.2) is 34.7 Å². The minimum absolute atomic E-state index is 0.196. The second-order valence-electron chi connectivity index (χ2n) is 6.07. The van der Waals surface area contributed by atoms with E-state index in [1.807, 2.05) is 25.2 Å². The summed E-state index contributed by atoms with van der Waals surface area (Å²) in [6, 6.07) is 10.5. The minimum Gasteiger partial charge on any atom is -0.459 e. The van der Waals surface area contributed by atoms with Gasteiger partial charge in [0.15, 0.2) is 0 Å². The summed E-state index contributed by atoms with van der Waals surface area (Å²) in [5, 5.41) is 4.54. The molecule has 20 heavy (non-hydrogen) atoms. The number of nitrogens with one attached hydrogen (secondary N) is 1. The van der Waals surface area contributed by atoms with Crippen LogP contribution in [0, 0.1) is 0 Å². The Morgan fingerprint density at radius 3 is 2.60 bits per heavy atom.